The molecule has 254 valence electrons. The van der Waals surface area contributed by atoms with Crippen molar-refractivity contribution >= 4 is 24.4 Å². The second-order valence-corrected chi connectivity index (χ2v) is 15.9. The molecule has 3 aromatic carbocycles. The summed E-state index contributed by atoms with van der Waals surface area (Å²) < 4.78 is 46.0. The standard InChI is InChI=1S/C36H53NO8Si/c1-36(2,3)46(32-12-6-4-7-13-32,33-14-8-5-9-15-33)45-31-29-43-27-25-41-23-21-39-19-18-38-20-22-40-24-26-42-28-30-44-35-17-11-10-16-34(35)37/h4-17H,18-31,37H2,1-3H3. The van der Waals surface area contributed by atoms with Crippen LogP contribution in [0.1, 0.15) is 20.8 Å². The first-order valence-corrected chi connectivity index (χ1v) is 18.0. The third kappa shape index (κ3) is 13.1. The smallest absolute Gasteiger partial charge is 0.261 e. The zero-order valence-corrected chi connectivity index (χ0v) is 28.8. The van der Waals surface area contributed by atoms with Crippen LogP contribution in [0.5, 0.6) is 5.75 Å². The van der Waals surface area contributed by atoms with E-state index in [1.165, 1.54) is 10.4 Å². The van der Waals surface area contributed by atoms with E-state index in [2.05, 4.69) is 81.4 Å². The van der Waals surface area contributed by atoms with Crippen molar-refractivity contribution in [3.05, 3.63) is 84.9 Å². The van der Waals surface area contributed by atoms with Crippen molar-refractivity contribution in [1.82, 2.24) is 0 Å². The Hall–Kier alpha value is -2.80. The molecule has 0 spiro atoms. The highest BCUT2D eigenvalue weighted by Crippen LogP contribution is 2.36. The number of ether oxygens (including phenoxy) is 7. The fraction of sp³-hybridized carbons (Fsp3) is 0.500. The molecule has 0 heterocycles. The summed E-state index contributed by atoms with van der Waals surface area (Å²) in [6, 6.07) is 28.7. The highest BCUT2D eigenvalue weighted by molar-refractivity contribution is 6.99. The molecule has 0 unspecified atom stereocenters. The molecule has 0 atom stereocenters. The van der Waals surface area contributed by atoms with Crippen LogP contribution in [0.3, 0.4) is 0 Å². The number of hydrogen-bond donors (Lipinski definition) is 1. The van der Waals surface area contributed by atoms with Gasteiger partial charge in [0.2, 0.25) is 0 Å². The zero-order valence-electron chi connectivity index (χ0n) is 27.8. The van der Waals surface area contributed by atoms with E-state index in [9.17, 15) is 0 Å². The Kier molecular flexibility index (Phi) is 17.9. The van der Waals surface area contributed by atoms with Crippen molar-refractivity contribution in [1.29, 1.82) is 0 Å². The van der Waals surface area contributed by atoms with Gasteiger partial charge in [-0.15, -0.1) is 0 Å². The number of para-hydroxylation sites is 2. The van der Waals surface area contributed by atoms with Gasteiger partial charge < -0.3 is 43.3 Å². The van der Waals surface area contributed by atoms with Crippen LogP contribution < -0.4 is 20.8 Å². The van der Waals surface area contributed by atoms with E-state index in [0.717, 1.165) is 0 Å². The SMILES string of the molecule is CC(C)(C)[Si](OCCOCCOCCOCCOCCOCCOCCOc1ccccc1N)(c1ccccc1)c1ccccc1. The first kappa shape index (κ1) is 37.7. The second-order valence-electron chi connectivity index (χ2n) is 11.6. The predicted molar refractivity (Wildman–Crippen MR) is 185 cm³/mol. The number of nitrogens with two attached hydrogens (primary N) is 1. The van der Waals surface area contributed by atoms with Gasteiger partial charge in [0.1, 0.15) is 12.4 Å². The second kappa shape index (κ2) is 21.9. The summed E-state index contributed by atoms with van der Waals surface area (Å²) >= 11 is 0. The van der Waals surface area contributed by atoms with Crippen LogP contribution in [-0.4, -0.2) is 101 Å². The number of anilines is 1. The molecule has 9 nitrogen and oxygen atoms in total. The molecule has 0 aromatic heterocycles. The molecule has 2 N–H and O–H groups in total. The van der Waals surface area contributed by atoms with Crippen LogP contribution in [0.2, 0.25) is 5.04 Å². The maximum Gasteiger partial charge on any atom is 0.261 e. The molecule has 46 heavy (non-hydrogen) atoms. The molecule has 0 saturated carbocycles. The molecule has 10 heteroatoms. The Bertz CT molecular complexity index is 1140. The summed E-state index contributed by atoms with van der Waals surface area (Å²) in [5, 5.41) is 2.49. The van der Waals surface area contributed by atoms with Gasteiger partial charge in [0, 0.05) is 0 Å². The highest BCUT2D eigenvalue weighted by atomic mass is 28.4. The molecule has 0 amide bonds. The van der Waals surface area contributed by atoms with Gasteiger partial charge in [0.05, 0.1) is 91.6 Å². The van der Waals surface area contributed by atoms with Gasteiger partial charge >= 0.3 is 0 Å². The topological polar surface area (TPSA) is 99.9 Å². The summed E-state index contributed by atoms with van der Waals surface area (Å²) in [6.07, 6.45) is 0. The Morgan fingerprint density at radius 2 is 0.804 bits per heavy atom. The predicted octanol–water partition coefficient (Wildman–Crippen LogP) is 4.32. The molecule has 3 rings (SSSR count). The Morgan fingerprint density at radius 3 is 1.20 bits per heavy atom. The van der Waals surface area contributed by atoms with Crippen LogP contribution in [-0.2, 0) is 32.8 Å². The largest absolute Gasteiger partial charge is 0.489 e. The van der Waals surface area contributed by atoms with E-state index in [1.54, 1.807) is 6.07 Å². The first-order valence-electron chi connectivity index (χ1n) is 16.1. The lowest BCUT2D eigenvalue weighted by molar-refractivity contribution is -0.0188. The first-order chi connectivity index (χ1) is 22.4. The van der Waals surface area contributed by atoms with Crippen LogP contribution in [0.15, 0.2) is 84.9 Å². The van der Waals surface area contributed by atoms with Crippen molar-refractivity contribution < 1.29 is 37.6 Å². The summed E-state index contributed by atoms with van der Waals surface area (Å²) in [5.41, 5.74) is 6.46. The molecule has 0 aliphatic heterocycles. The van der Waals surface area contributed by atoms with Crippen LogP contribution >= 0.6 is 0 Å². The average Bonchev–Trinajstić information content (AvgIpc) is 3.06. The average molecular weight is 656 g/mol. The molecule has 3 aromatic rings. The van der Waals surface area contributed by atoms with Gasteiger partial charge in [0.25, 0.3) is 8.32 Å². The Labute approximate surface area is 276 Å². The maximum absolute atomic E-state index is 6.84. The van der Waals surface area contributed by atoms with Gasteiger partial charge in [-0.3, -0.25) is 0 Å². The number of hydrogen-bond acceptors (Lipinski definition) is 9. The Balaban J connectivity index is 1.13. The molecular weight excluding hydrogens is 602 g/mol. The summed E-state index contributed by atoms with van der Waals surface area (Å²) in [5.74, 6) is 0.672. The summed E-state index contributed by atoms with van der Waals surface area (Å²) in [4.78, 5) is 0. The van der Waals surface area contributed by atoms with Crippen molar-refractivity contribution in [2.45, 2.75) is 25.8 Å². The monoisotopic (exact) mass is 655 g/mol. The van der Waals surface area contributed by atoms with E-state index >= 15 is 0 Å². The summed E-state index contributed by atoms with van der Waals surface area (Å²) in [6.45, 7) is 13.8. The minimum atomic E-state index is -2.53. The fourth-order valence-corrected chi connectivity index (χ4v) is 9.58. The van der Waals surface area contributed by atoms with Crippen LogP contribution in [0.4, 0.5) is 5.69 Å². The van der Waals surface area contributed by atoms with Gasteiger partial charge in [-0.2, -0.15) is 0 Å². The van der Waals surface area contributed by atoms with E-state index in [4.69, 9.17) is 43.3 Å². The molecule has 0 aliphatic rings. The van der Waals surface area contributed by atoms with E-state index < -0.39 is 8.32 Å². The highest BCUT2D eigenvalue weighted by Gasteiger charge is 2.49. The third-order valence-electron chi connectivity index (χ3n) is 7.23. The molecule has 0 bridgehead atoms. The minimum absolute atomic E-state index is 0.0525. The molecular formula is C36H53NO8Si. The number of rotatable bonds is 25. The van der Waals surface area contributed by atoms with E-state index in [0.29, 0.717) is 104 Å². The fourth-order valence-electron chi connectivity index (χ4n) is 5.04. The lowest BCUT2D eigenvalue weighted by Crippen LogP contribution is -2.66. The van der Waals surface area contributed by atoms with Crippen molar-refractivity contribution in [3.63, 3.8) is 0 Å². The third-order valence-corrected chi connectivity index (χ3v) is 12.3. The van der Waals surface area contributed by atoms with Gasteiger partial charge in [-0.25, -0.2) is 0 Å². The number of benzene rings is 3. The van der Waals surface area contributed by atoms with Crippen LogP contribution in [0.25, 0.3) is 0 Å². The lowest BCUT2D eigenvalue weighted by atomic mass is 10.2. The van der Waals surface area contributed by atoms with Gasteiger partial charge in [-0.1, -0.05) is 93.6 Å². The van der Waals surface area contributed by atoms with E-state index in [-0.39, 0.29) is 5.04 Å². The zero-order chi connectivity index (χ0) is 32.8. The van der Waals surface area contributed by atoms with Crippen LogP contribution in [0, 0.1) is 0 Å². The molecule has 0 saturated heterocycles. The van der Waals surface area contributed by atoms with E-state index in [1.807, 2.05) is 18.2 Å². The minimum Gasteiger partial charge on any atom is -0.489 e. The van der Waals surface area contributed by atoms with Crippen molar-refractivity contribution in [3.8, 4) is 5.75 Å². The lowest BCUT2D eigenvalue weighted by Gasteiger charge is -2.43. The molecule has 0 fully saturated rings. The maximum atomic E-state index is 6.84. The van der Waals surface area contributed by atoms with Gasteiger partial charge in [0.15, 0.2) is 0 Å². The quantitative estimate of drug-likeness (QED) is 0.0813. The number of nitrogen functional groups attached to an aromatic ring is 1. The van der Waals surface area contributed by atoms with Crippen molar-refractivity contribution in [2.24, 2.45) is 0 Å². The normalized spacial score (nSPS) is 12.0. The van der Waals surface area contributed by atoms with Crippen molar-refractivity contribution in [2.75, 3.05) is 98.2 Å². The summed E-state index contributed by atoms with van der Waals surface area (Å²) in [7, 11) is -2.53. The van der Waals surface area contributed by atoms with Gasteiger partial charge in [-0.05, 0) is 27.5 Å². The molecule has 0 radical (unpaired) electrons. The molecule has 0 aliphatic carbocycles. The Morgan fingerprint density at radius 1 is 0.457 bits per heavy atom.